The molecule has 0 unspecified atom stereocenters. The molecule has 0 aliphatic rings. The zero-order chi connectivity index (χ0) is 12.3. The Bertz CT molecular complexity index is 494. The summed E-state index contributed by atoms with van der Waals surface area (Å²) in [6.07, 6.45) is 1.63. The number of rotatable bonds is 3. The van der Waals surface area contributed by atoms with E-state index in [2.05, 4.69) is 41.3 Å². The molecule has 4 heteroatoms. The number of hydrogen-bond acceptors (Lipinski definition) is 3. The lowest BCUT2D eigenvalue weighted by Gasteiger charge is -2.08. The van der Waals surface area contributed by atoms with E-state index >= 15 is 0 Å². The van der Waals surface area contributed by atoms with E-state index in [4.69, 9.17) is 11.6 Å². The molecule has 0 radical (unpaired) electrons. The predicted molar refractivity (Wildman–Crippen MR) is 70.9 cm³/mol. The van der Waals surface area contributed by atoms with Gasteiger partial charge in [0.1, 0.15) is 5.82 Å². The second-order valence-electron chi connectivity index (χ2n) is 4.11. The van der Waals surface area contributed by atoms with Crippen molar-refractivity contribution in [3.8, 4) is 0 Å². The summed E-state index contributed by atoms with van der Waals surface area (Å²) in [5.74, 6) is 1.24. The van der Waals surface area contributed by atoms with Gasteiger partial charge >= 0.3 is 0 Å². The first-order valence-corrected chi connectivity index (χ1v) is 5.88. The van der Waals surface area contributed by atoms with E-state index in [1.54, 1.807) is 12.3 Å². The molecule has 0 saturated carbocycles. The first kappa shape index (κ1) is 11.9. The zero-order valence-corrected chi connectivity index (χ0v) is 10.6. The molecule has 1 N–H and O–H groups in total. The molecule has 3 nitrogen and oxygen atoms in total. The molecule has 0 spiro atoms. The van der Waals surface area contributed by atoms with Crippen LogP contribution in [0.25, 0.3) is 0 Å². The van der Waals surface area contributed by atoms with Crippen molar-refractivity contribution in [2.24, 2.45) is 0 Å². The number of aromatic nitrogens is 2. The molecule has 1 aromatic heterocycles. The van der Waals surface area contributed by atoms with Crippen LogP contribution in [0.2, 0.25) is 5.28 Å². The molecule has 88 valence electrons. The summed E-state index contributed by atoms with van der Waals surface area (Å²) in [5.41, 5.74) is 2.31. The van der Waals surface area contributed by atoms with E-state index in [1.807, 2.05) is 12.1 Å². The molecule has 2 aromatic rings. The Morgan fingerprint density at radius 3 is 2.41 bits per heavy atom. The van der Waals surface area contributed by atoms with Crippen LogP contribution >= 0.6 is 11.6 Å². The van der Waals surface area contributed by atoms with Gasteiger partial charge in [0.25, 0.3) is 0 Å². The van der Waals surface area contributed by atoms with Crippen molar-refractivity contribution >= 4 is 23.1 Å². The van der Waals surface area contributed by atoms with Gasteiger partial charge in [0.05, 0.1) is 0 Å². The zero-order valence-electron chi connectivity index (χ0n) is 9.81. The second-order valence-corrected chi connectivity index (χ2v) is 4.45. The number of nitrogens with zero attached hydrogens (tertiary/aromatic N) is 2. The summed E-state index contributed by atoms with van der Waals surface area (Å²) in [7, 11) is 0. The first-order valence-electron chi connectivity index (χ1n) is 5.50. The SMILES string of the molecule is CC(C)c1ccc(Nc2ccnc(Cl)n2)cc1. The van der Waals surface area contributed by atoms with Crippen LogP contribution in [0, 0.1) is 0 Å². The van der Waals surface area contributed by atoms with Crippen molar-refractivity contribution < 1.29 is 0 Å². The fourth-order valence-corrected chi connectivity index (χ4v) is 1.65. The number of benzene rings is 1. The summed E-state index contributed by atoms with van der Waals surface area (Å²) in [5, 5.41) is 3.42. The smallest absolute Gasteiger partial charge is 0.224 e. The Labute approximate surface area is 106 Å². The van der Waals surface area contributed by atoms with E-state index in [0.29, 0.717) is 11.7 Å². The van der Waals surface area contributed by atoms with Gasteiger partial charge in [0.2, 0.25) is 5.28 Å². The highest BCUT2D eigenvalue weighted by atomic mass is 35.5. The van der Waals surface area contributed by atoms with E-state index in [9.17, 15) is 0 Å². The molecule has 0 aliphatic carbocycles. The van der Waals surface area contributed by atoms with Crippen molar-refractivity contribution in [3.63, 3.8) is 0 Å². The predicted octanol–water partition coefficient (Wildman–Crippen LogP) is 4.00. The molecular formula is C13H14ClN3. The number of anilines is 2. The monoisotopic (exact) mass is 247 g/mol. The molecule has 0 bridgehead atoms. The van der Waals surface area contributed by atoms with Gasteiger partial charge < -0.3 is 5.32 Å². The van der Waals surface area contributed by atoms with Crippen LogP contribution in [-0.2, 0) is 0 Å². The number of halogens is 1. The van der Waals surface area contributed by atoms with Crippen LogP contribution in [0.1, 0.15) is 25.3 Å². The third-order valence-corrected chi connectivity index (χ3v) is 2.66. The molecule has 2 rings (SSSR count). The molecule has 0 saturated heterocycles. The van der Waals surface area contributed by atoms with Crippen molar-refractivity contribution in [2.75, 3.05) is 5.32 Å². The van der Waals surface area contributed by atoms with Crippen molar-refractivity contribution in [1.29, 1.82) is 0 Å². The first-order chi connectivity index (χ1) is 8.15. The van der Waals surface area contributed by atoms with Crippen LogP contribution in [0.4, 0.5) is 11.5 Å². The highest BCUT2D eigenvalue weighted by Crippen LogP contribution is 2.19. The molecule has 0 fully saturated rings. The molecular weight excluding hydrogens is 234 g/mol. The van der Waals surface area contributed by atoms with Gasteiger partial charge in [-0.15, -0.1) is 0 Å². The van der Waals surface area contributed by atoms with Gasteiger partial charge in [-0.1, -0.05) is 26.0 Å². The lowest BCUT2D eigenvalue weighted by molar-refractivity contribution is 0.867. The highest BCUT2D eigenvalue weighted by Gasteiger charge is 2.00. The van der Waals surface area contributed by atoms with Crippen molar-refractivity contribution in [2.45, 2.75) is 19.8 Å². The minimum Gasteiger partial charge on any atom is -0.340 e. The summed E-state index contributed by atoms with van der Waals surface area (Å²) >= 11 is 5.72. The highest BCUT2D eigenvalue weighted by molar-refractivity contribution is 6.28. The van der Waals surface area contributed by atoms with Crippen molar-refractivity contribution in [3.05, 3.63) is 47.4 Å². The summed E-state index contributed by atoms with van der Waals surface area (Å²) in [6, 6.07) is 10.1. The van der Waals surface area contributed by atoms with E-state index in [1.165, 1.54) is 5.56 Å². The quantitative estimate of drug-likeness (QED) is 0.834. The van der Waals surface area contributed by atoms with Gasteiger partial charge in [0, 0.05) is 11.9 Å². The maximum Gasteiger partial charge on any atom is 0.224 e. The molecule has 17 heavy (non-hydrogen) atoms. The van der Waals surface area contributed by atoms with Crippen LogP contribution in [0.15, 0.2) is 36.5 Å². The maximum absolute atomic E-state index is 5.72. The van der Waals surface area contributed by atoms with Gasteiger partial charge in [-0.05, 0) is 41.3 Å². The summed E-state index contributed by atoms with van der Waals surface area (Å²) in [4.78, 5) is 7.90. The van der Waals surface area contributed by atoms with Crippen LogP contribution < -0.4 is 5.32 Å². The topological polar surface area (TPSA) is 37.8 Å². The fourth-order valence-electron chi connectivity index (χ4n) is 1.50. The van der Waals surface area contributed by atoms with Gasteiger partial charge in [-0.2, -0.15) is 0 Å². The molecule has 0 amide bonds. The van der Waals surface area contributed by atoms with Gasteiger partial charge in [-0.25, -0.2) is 9.97 Å². The minimum absolute atomic E-state index is 0.244. The van der Waals surface area contributed by atoms with Crippen molar-refractivity contribution in [1.82, 2.24) is 9.97 Å². The average Bonchev–Trinajstić information content (AvgIpc) is 2.29. The molecule has 0 atom stereocenters. The summed E-state index contributed by atoms with van der Waals surface area (Å²) < 4.78 is 0. The van der Waals surface area contributed by atoms with E-state index < -0.39 is 0 Å². The van der Waals surface area contributed by atoms with E-state index in [-0.39, 0.29) is 5.28 Å². The third-order valence-electron chi connectivity index (χ3n) is 2.48. The third kappa shape index (κ3) is 3.17. The molecule has 1 heterocycles. The van der Waals surface area contributed by atoms with Gasteiger partial charge in [-0.3, -0.25) is 0 Å². The largest absolute Gasteiger partial charge is 0.340 e. The van der Waals surface area contributed by atoms with Crippen LogP contribution in [-0.4, -0.2) is 9.97 Å². The minimum atomic E-state index is 0.244. The molecule has 0 aliphatic heterocycles. The molecule has 1 aromatic carbocycles. The van der Waals surface area contributed by atoms with Crippen LogP contribution in [0.3, 0.4) is 0 Å². The Morgan fingerprint density at radius 2 is 1.82 bits per heavy atom. The fraction of sp³-hybridized carbons (Fsp3) is 0.231. The summed E-state index contributed by atoms with van der Waals surface area (Å²) in [6.45, 7) is 4.35. The lowest BCUT2D eigenvalue weighted by atomic mass is 10.0. The Hall–Kier alpha value is -1.61. The van der Waals surface area contributed by atoms with E-state index in [0.717, 1.165) is 5.69 Å². The Kier molecular flexibility index (Phi) is 3.59. The second kappa shape index (κ2) is 5.15. The van der Waals surface area contributed by atoms with Crippen LogP contribution in [0.5, 0.6) is 0 Å². The Morgan fingerprint density at radius 1 is 1.12 bits per heavy atom. The normalized spacial score (nSPS) is 10.6. The number of nitrogens with one attached hydrogen (secondary N) is 1. The average molecular weight is 248 g/mol. The lowest BCUT2D eigenvalue weighted by Crippen LogP contribution is -1.95. The van der Waals surface area contributed by atoms with Gasteiger partial charge in [0.15, 0.2) is 0 Å². The maximum atomic E-state index is 5.72. The Balaban J connectivity index is 2.14. The number of hydrogen-bond donors (Lipinski definition) is 1. The standard InChI is InChI=1S/C13H14ClN3/c1-9(2)10-3-5-11(6-4-10)16-12-7-8-15-13(14)17-12/h3-9H,1-2H3,(H,15,16,17).